The number of esters is 2. The van der Waals surface area contributed by atoms with Gasteiger partial charge < -0.3 is 28.5 Å². The summed E-state index contributed by atoms with van der Waals surface area (Å²) in [7, 11) is 0. The lowest BCUT2D eigenvalue weighted by atomic mass is 9.43. The van der Waals surface area contributed by atoms with E-state index >= 15 is 0 Å². The van der Waals surface area contributed by atoms with E-state index in [1.165, 1.54) is 12.5 Å². The summed E-state index contributed by atoms with van der Waals surface area (Å²) in [5.74, 6) is -3.05. The molecular weight excluding hydrogens is 368 g/mol. The van der Waals surface area contributed by atoms with Gasteiger partial charge >= 0.3 is 11.9 Å². The molecule has 1 N–H and O–H groups in total. The van der Waals surface area contributed by atoms with Crippen molar-refractivity contribution in [1.82, 2.24) is 0 Å². The first-order valence-corrected chi connectivity index (χ1v) is 9.69. The number of hydrogen-bond acceptors (Lipinski definition) is 8. The molecule has 1 aliphatic carbocycles. The highest BCUT2D eigenvalue weighted by Gasteiger charge is 2.91. The quantitative estimate of drug-likeness (QED) is 0.721. The molecule has 8 heteroatoms. The summed E-state index contributed by atoms with van der Waals surface area (Å²) < 4.78 is 29.7. The lowest BCUT2D eigenvalue weighted by molar-refractivity contribution is -0.385. The van der Waals surface area contributed by atoms with Gasteiger partial charge in [-0.3, -0.25) is 9.59 Å². The fourth-order valence-corrected chi connectivity index (χ4v) is 6.75. The number of carbonyl (C=O) groups is 2. The van der Waals surface area contributed by atoms with Crippen LogP contribution >= 0.6 is 0 Å². The fraction of sp³-hybridized carbons (Fsp3) is 0.700. The third-order valence-corrected chi connectivity index (χ3v) is 8.45. The van der Waals surface area contributed by atoms with Gasteiger partial charge in [0.05, 0.1) is 29.5 Å². The fourth-order valence-electron chi connectivity index (χ4n) is 6.75. The molecule has 0 radical (unpaired) electrons. The van der Waals surface area contributed by atoms with Gasteiger partial charge in [0.15, 0.2) is 5.60 Å². The Morgan fingerprint density at radius 3 is 2.71 bits per heavy atom. The van der Waals surface area contributed by atoms with Crippen LogP contribution in [0.2, 0.25) is 0 Å². The molecule has 1 aromatic heterocycles. The number of carbonyl (C=O) groups excluding carboxylic acids is 2. The minimum atomic E-state index is -1.52. The number of rotatable bonds is 1. The van der Waals surface area contributed by atoms with Crippen molar-refractivity contribution in [3.63, 3.8) is 0 Å². The Morgan fingerprint density at radius 2 is 2.00 bits per heavy atom. The molecule has 1 aromatic rings. The zero-order chi connectivity index (χ0) is 19.7. The highest BCUT2D eigenvalue weighted by Crippen LogP contribution is 2.77. The average molecular weight is 390 g/mol. The lowest BCUT2D eigenvalue weighted by Gasteiger charge is -2.68. The summed E-state index contributed by atoms with van der Waals surface area (Å²) >= 11 is 0. The van der Waals surface area contributed by atoms with Crippen LogP contribution in [-0.4, -0.2) is 40.6 Å². The number of aliphatic hydroxyl groups is 1. The molecule has 1 spiro atoms. The molecule has 0 amide bonds. The van der Waals surface area contributed by atoms with Crippen LogP contribution in [-0.2, 0) is 34.3 Å². The zero-order valence-corrected chi connectivity index (χ0v) is 15.9. The maximum absolute atomic E-state index is 12.9. The van der Waals surface area contributed by atoms with Crippen LogP contribution < -0.4 is 0 Å². The smallest absolute Gasteiger partial charge is 0.317 e. The van der Waals surface area contributed by atoms with Crippen molar-refractivity contribution in [3.8, 4) is 0 Å². The molecule has 8 atom stereocenters. The molecule has 5 fully saturated rings. The van der Waals surface area contributed by atoms with Crippen molar-refractivity contribution < 1.29 is 38.1 Å². The summed E-state index contributed by atoms with van der Waals surface area (Å²) in [6.07, 6.45) is 2.24. The summed E-state index contributed by atoms with van der Waals surface area (Å²) in [4.78, 5) is 25.6. The summed E-state index contributed by atoms with van der Waals surface area (Å²) in [6, 6.07) is 1.70. The molecule has 0 unspecified atom stereocenters. The highest BCUT2D eigenvalue weighted by molar-refractivity contribution is 5.83. The Morgan fingerprint density at radius 1 is 1.21 bits per heavy atom. The van der Waals surface area contributed by atoms with Crippen molar-refractivity contribution in [3.05, 3.63) is 24.2 Å². The van der Waals surface area contributed by atoms with Crippen LogP contribution in [0.25, 0.3) is 0 Å². The normalized spacial score (nSPS) is 56.2. The summed E-state index contributed by atoms with van der Waals surface area (Å²) in [5.41, 5.74) is -4.35. The van der Waals surface area contributed by atoms with E-state index in [1.807, 2.05) is 6.92 Å². The Kier molecular flexibility index (Phi) is 2.71. The second-order valence-electron chi connectivity index (χ2n) is 9.28. The Labute approximate surface area is 161 Å². The SMILES string of the molecule is C[C@H]1C(=O)O[C@@H]2CC[C@@]3(C)C(=O)O[C@H]4O[C@@]5(c6ccoc6)C[C@@]1(O)[C@]2(C)[C@@]43O5. The molecule has 150 valence electrons. The van der Waals surface area contributed by atoms with Crippen molar-refractivity contribution in [2.45, 2.75) is 69.4 Å². The highest BCUT2D eigenvalue weighted by atomic mass is 16.9. The van der Waals surface area contributed by atoms with E-state index in [-0.39, 0.29) is 6.42 Å². The van der Waals surface area contributed by atoms with E-state index in [0.29, 0.717) is 18.4 Å². The van der Waals surface area contributed by atoms with Crippen LogP contribution in [0, 0.1) is 16.7 Å². The monoisotopic (exact) mass is 390 g/mol. The molecule has 4 saturated heterocycles. The minimum Gasteiger partial charge on any atom is -0.472 e. The van der Waals surface area contributed by atoms with Gasteiger partial charge in [-0.1, -0.05) is 6.92 Å². The van der Waals surface area contributed by atoms with Gasteiger partial charge in [0.25, 0.3) is 0 Å². The van der Waals surface area contributed by atoms with Gasteiger partial charge in [-0.25, -0.2) is 0 Å². The van der Waals surface area contributed by atoms with Crippen molar-refractivity contribution in [2.75, 3.05) is 0 Å². The van der Waals surface area contributed by atoms with Gasteiger partial charge in [-0.05, 0) is 32.8 Å². The largest absolute Gasteiger partial charge is 0.472 e. The van der Waals surface area contributed by atoms with E-state index in [9.17, 15) is 14.7 Å². The van der Waals surface area contributed by atoms with Crippen molar-refractivity contribution in [1.29, 1.82) is 0 Å². The van der Waals surface area contributed by atoms with Crippen molar-refractivity contribution >= 4 is 11.9 Å². The second kappa shape index (κ2) is 4.47. The van der Waals surface area contributed by atoms with Crippen LogP contribution in [0.1, 0.15) is 45.6 Å². The Bertz CT molecular complexity index is 911. The van der Waals surface area contributed by atoms with Gasteiger partial charge in [0.1, 0.15) is 11.5 Å². The molecule has 6 rings (SSSR count). The second-order valence-corrected chi connectivity index (χ2v) is 9.28. The number of hydrogen-bond donors (Lipinski definition) is 1. The van der Waals surface area contributed by atoms with Crippen LogP contribution in [0.3, 0.4) is 0 Å². The third-order valence-electron chi connectivity index (χ3n) is 8.45. The molecular formula is C20H22O8. The Balaban J connectivity index is 1.67. The predicted octanol–water partition coefficient (Wildman–Crippen LogP) is 1.60. The van der Waals surface area contributed by atoms with Gasteiger partial charge in [0, 0.05) is 12.0 Å². The summed E-state index contributed by atoms with van der Waals surface area (Å²) in [5, 5.41) is 12.1. The van der Waals surface area contributed by atoms with E-state index in [2.05, 4.69) is 0 Å². The first kappa shape index (κ1) is 17.0. The predicted molar refractivity (Wildman–Crippen MR) is 89.2 cm³/mol. The lowest BCUT2D eigenvalue weighted by Crippen LogP contribution is -2.81. The van der Waals surface area contributed by atoms with Crippen molar-refractivity contribution in [2.24, 2.45) is 16.7 Å². The molecule has 2 bridgehead atoms. The molecule has 28 heavy (non-hydrogen) atoms. The van der Waals surface area contributed by atoms with E-state index < -0.39 is 58.1 Å². The number of ether oxygens (including phenoxy) is 4. The molecule has 5 heterocycles. The van der Waals surface area contributed by atoms with Crippen LogP contribution in [0.5, 0.6) is 0 Å². The number of furan rings is 1. The minimum absolute atomic E-state index is 0.00861. The van der Waals surface area contributed by atoms with Gasteiger partial charge in [0.2, 0.25) is 12.1 Å². The Hall–Kier alpha value is -1.90. The maximum atomic E-state index is 12.9. The molecule has 8 nitrogen and oxygen atoms in total. The molecule has 4 aliphatic heterocycles. The zero-order valence-electron chi connectivity index (χ0n) is 15.9. The first-order valence-electron chi connectivity index (χ1n) is 9.69. The van der Waals surface area contributed by atoms with Crippen LogP contribution in [0.4, 0.5) is 0 Å². The van der Waals surface area contributed by atoms with Gasteiger partial charge in [-0.15, -0.1) is 0 Å². The first-order chi connectivity index (χ1) is 13.1. The molecule has 0 aromatic carbocycles. The van der Waals surface area contributed by atoms with E-state index in [4.69, 9.17) is 23.4 Å². The average Bonchev–Trinajstić information content (AvgIpc) is 3.31. The summed E-state index contributed by atoms with van der Waals surface area (Å²) in [6.45, 7) is 5.31. The topological polar surface area (TPSA) is 104 Å². The van der Waals surface area contributed by atoms with E-state index in [0.717, 1.165) is 0 Å². The third kappa shape index (κ3) is 1.36. The molecule has 1 saturated carbocycles. The van der Waals surface area contributed by atoms with E-state index in [1.54, 1.807) is 19.9 Å². The molecule has 5 aliphatic rings. The van der Waals surface area contributed by atoms with Crippen LogP contribution in [0.15, 0.2) is 23.0 Å². The standard InChI is InChI=1S/C20H22O8/c1-10-13(21)25-12-4-6-16(2)14(22)26-15-20(16)17(12,3)18(10,23)9-19(27-15,28-20)11-5-7-24-8-11/h5,7-8,10,12,15,23H,4,6,9H2,1-3H3/t10-,12+,15-,16-,17+,18-,19-,20+/m0/s1. The van der Waals surface area contributed by atoms with Gasteiger partial charge in [-0.2, -0.15) is 0 Å². The number of fused-ring (bicyclic) bond motifs is 1. The maximum Gasteiger partial charge on any atom is 0.317 e.